The van der Waals surface area contributed by atoms with Crippen LogP contribution < -0.4 is 0 Å². The molecule has 0 unspecified atom stereocenters. The van der Waals surface area contributed by atoms with Gasteiger partial charge >= 0.3 is 0 Å². The first-order valence-electron chi connectivity index (χ1n) is 2.00. The highest BCUT2D eigenvalue weighted by Crippen LogP contribution is 2.07. The lowest BCUT2D eigenvalue weighted by Crippen LogP contribution is -1.93. The molecule has 39 valence electrons. The van der Waals surface area contributed by atoms with Crippen molar-refractivity contribution in [1.29, 1.82) is 0 Å². The minimum atomic E-state index is 0. The Bertz CT molecular complexity index is 19.4. The van der Waals surface area contributed by atoms with E-state index in [9.17, 15) is 0 Å². The average molecular weight is 89.2 g/mol. The topological polar surface area (TPSA) is 30.0 Å². The second-order valence-electron chi connectivity index (χ2n) is 3.00. The van der Waals surface area contributed by atoms with Gasteiger partial charge in [0.1, 0.15) is 0 Å². The average Bonchev–Trinajstić information content (AvgIpc) is 0.722. The van der Waals surface area contributed by atoms with Crippen molar-refractivity contribution >= 4 is 0 Å². The van der Waals surface area contributed by atoms with Crippen molar-refractivity contribution in [3.8, 4) is 0 Å². The molecule has 1 N–H and O–H groups in total. The minimum absolute atomic E-state index is 0. The summed E-state index contributed by atoms with van der Waals surface area (Å²) in [5.41, 5.74) is 0.500. The Labute approximate surface area is 39.7 Å². The van der Waals surface area contributed by atoms with E-state index in [1.165, 1.54) is 0 Å². The van der Waals surface area contributed by atoms with Crippen molar-refractivity contribution in [3.05, 3.63) is 0 Å². The Morgan fingerprint density at radius 2 is 0.833 bits per heavy atom. The maximum absolute atomic E-state index is 2.19. The Hall–Kier alpha value is -0.0400. The largest absolute Gasteiger partial charge is 0.255 e. The molecule has 1 radical (unpaired) electrons. The highest BCUT2D eigenvalue weighted by Gasteiger charge is 1.95. The molecule has 0 saturated carbocycles. The summed E-state index contributed by atoms with van der Waals surface area (Å²) in [5.74, 6) is 0. The molecule has 0 spiro atoms. The zero-order valence-electron chi connectivity index (χ0n) is 4.95. The summed E-state index contributed by atoms with van der Waals surface area (Å²) in [6, 6.07) is 0. The Kier molecular flexibility index (Phi) is 3.41. The van der Waals surface area contributed by atoms with Gasteiger partial charge in [-0.3, -0.25) is 5.48 Å². The van der Waals surface area contributed by atoms with E-state index in [1.807, 2.05) is 0 Å². The first-order valence-corrected chi connectivity index (χ1v) is 2.00. The molecule has 0 atom stereocenters. The van der Waals surface area contributed by atoms with Crippen LogP contribution in [0.25, 0.3) is 0 Å². The summed E-state index contributed by atoms with van der Waals surface area (Å²) in [7, 11) is 0. The molecule has 1 nitrogen and oxygen atoms in total. The van der Waals surface area contributed by atoms with Gasteiger partial charge in [-0.25, -0.2) is 0 Å². The van der Waals surface area contributed by atoms with E-state index in [2.05, 4.69) is 27.7 Å². The van der Waals surface area contributed by atoms with Gasteiger partial charge in [-0.1, -0.05) is 27.7 Å². The zero-order chi connectivity index (χ0) is 4.50. The smallest absolute Gasteiger partial charge is 0.0411 e. The van der Waals surface area contributed by atoms with Crippen LogP contribution in [0.5, 0.6) is 0 Å². The highest BCUT2D eigenvalue weighted by molar-refractivity contribution is 4.47. The molecule has 0 aromatic rings. The maximum Gasteiger partial charge on any atom is -0.0411 e. The Balaban J connectivity index is 0. The fourth-order valence-corrected chi connectivity index (χ4v) is 0. The number of hydrogen-bond acceptors (Lipinski definition) is 0. The van der Waals surface area contributed by atoms with Gasteiger partial charge < -0.3 is 0 Å². The van der Waals surface area contributed by atoms with Crippen molar-refractivity contribution in [2.24, 2.45) is 5.41 Å². The Morgan fingerprint density at radius 1 is 0.833 bits per heavy atom. The molecule has 0 aromatic heterocycles. The van der Waals surface area contributed by atoms with Crippen molar-refractivity contribution in [2.75, 3.05) is 0 Å². The molecule has 0 saturated heterocycles. The lowest BCUT2D eigenvalue weighted by atomic mass is 10.0. The second kappa shape index (κ2) is 2.19. The first kappa shape index (κ1) is 9.35. The molecular weight excluding hydrogens is 76.1 g/mol. The molecular formula is C5H13O. The van der Waals surface area contributed by atoms with Crippen LogP contribution >= 0.6 is 0 Å². The molecule has 0 aliphatic rings. The van der Waals surface area contributed by atoms with Crippen LogP contribution in [0.2, 0.25) is 0 Å². The van der Waals surface area contributed by atoms with Gasteiger partial charge in [0.2, 0.25) is 0 Å². The van der Waals surface area contributed by atoms with Crippen molar-refractivity contribution in [1.82, 2.24) is 0 Å². The van der Waals surface area contributed by atoms with Gasteiger partial charge in [0.15, 0.2) is 0 Å². The van der Waals surface area contributed by atoms with Crippen molar-refractivity contribution in [2.45, 2.75) is 27.7 Å². The van der Waals surface area contributed by atoms with Crippen LogP contribution in [-0.4, -0.2) is 5.48 Å². The summed E-state index contributed by atoms with van der Waals surface area (Å²) in [6.07, 6.45) is 0. The van der Waals surface area contributed by atoms with Crippen LogP contribution in [0.1, 0.15) is 27.7 Å². The third-order valence-electron chi connectivity index (χ3n) is 0. The molecule has 0 amide bonds. The summed E-state index contributed by atoms with van der Waals surface area (Å²) >= 11 is 0. The molecule has 0 fully saturated rings. The summed E-state index contributed by atoms with van der Waals surface area (Å²) < 4.78 is 0. The van der Waals surface area contributed by atoms with E-state index in [4.69, 9.17) is 0 Å². The van der Waals surface area contributed by atoms with Gasteiger partial charge in [0.25, 0.3) is 0 Å². The third-order valence-corrected chi connectivity index (χ3v) is 0. The van der Waals surface area contributed by atoms with Gasteiger partial charge in [-0.2, -0.15) is 0 Å². The quantitative estimate of drug-likeness (QED) is 0.469. The molecule has 0 aromatic carbocycles. The highest BCUT2D eigenvalue weighted by atomic mass is 16.0. The van der Waals surface area contributed by atoms with Gasteiger partial charge in [-0.05, 0) is 5.41 Å². The Morgan fingerprint density at radius 3 is 0.833 bits per heavy atom. The van der Waals surface area contributed by atoms with Crippen molar-refractivity contribution < 1.29 is 5.48 Å². The molecule has 0 rings (SSSR count). The standard InChI is InChI=1S/C5H12.HO/c1-5(2,3)4;/h1-4H3;1H. The molecule has 0 aliphatic heterocycles. The summed E-state index contributed by atoms with van der Waals surface area (Å²) in [4.78, 5) is 0. The molecule has 0 heterocycles. The van der Waals surface area contributed by atoms with Crippen LogP contribution in [-0.2, 0) is 0 Å². The van der Waals surface area contributed by atoms with E-state index >= 15 is 0 Å². The monoisotopic (exact) mass is 89.1 g/mol. The molecule has 1 heteroatoms. The third kappa shape index (κ3) is 21700. The predicted octanol–water partition coefficient (Wildman–Crippen LogP) is 1.88. The van der Waals surface area contributed by atoms with Crippen molar-refractivity contribution in [3.63, 3.8) is 0 Å². The first-order chi connectivity index (χ1) is 2.00. The van der Waals surface area contributed by atoms with Crippen LogP contribution in [0.4, 0.5) is 0 Å². The predicted molar refractivity (Wildman–Crippen MR) is 27.1 cm³/mol. The molecule has 6 heavy (non-hydrogen) atoms. The van der Waals surface area contributed by atoms with E-state index < -0.39 is 0 Å². The maximum atomic E-state index is 2.19. The number of hydrogen-bond donors (Lipinski definition) is 1. The SMILES string of the molecule is CC(C)(C)C.[OH]. The molecule has 0 bridgehead atoms. The van der Waals surface area contributed by atoms with E-state index in [1.54, 1.807) is 0 Å². The summed E-state index contributed by atoms with van der Waals surface area (Å²) in [6.45, 7) is 8.75. The minimum Gasteiger partial charge on any atom is -0.255 e. The molecule has 0 aliphatic carbocycles. The van der Waals surface area contributed by atoms with Crippen LogP contribution in [0.3, 0.4) is 0 Å². The fraction of sp³-hybridized carbons (Fsp3) is 1.00. The van der Waals surface area contributed by atoms with Gasteiger partial charge in [0, 0.05) is 0 Å². The zero-order valence-corrected chi connectivity index (χ0v) is 4.95. The van der Waals surface area contributed by atoms with E-state index in [0.29, 0.717) is 5.41 Å². The van der Waals surface area contributed by atoms with Crippen LogP contribution in [0, 0.1) is 5.41 Å². The lowest BCUT2D eigenvalue weighted by molar-refractivity contribution is 0.469. The number of rotatable bonds is 0. The normalized spacial score (nSPS) is 10.0. The summed E-state index contributed by atoms with van der Waals surface area (Å²) in [5, 5.41) is 0. The second-order valence-corrected chi connectivity index (χ2v) is 3.00. The van der Waals surface area contributed by atoms with Gasteiger partial charge in [-0.15, -0.1) is 0 Å². The van der Waals surface area contributed by atoms with E-state index in [-0.39, 0.29) is 5.48 Å². The fourth-order valence-electron chi connectivity index (χ4n) is 0. The van der Waals surface area contributed by atoms with Gasteiger partial charge in [0.05, 0.1) is 0 Å². The van der Waals surface area contributed by atoms with Crippen LogP contribution in [0.15, 0.2) is 0 Å². The van der Waals surface area contributed by atoms with E-state index in [0.717, 1.165) is 0 Å². The lowest BCUT2D eigenvalue weighted by Gasteiger charge is -2.05.